The monoisotopic (exact) mass is 422 g/mol. The Morgan fingerprint density at radius 3 is 2.62 bits per heavy atom. The van der Waals surface area contributed by atoms with Crippen LogP contribution in [-0.2, 0) is 24.9 Å². The third kappa shape index (κ3) is 6.01. The van der Waals surface area contributed by atoms with Crippen LogP contribution in [0.25, 0.3) is 0 Å². The van der Waals surface area contributed by atoms with E-state index in [1.54, 1.807) is 23.9 Å². The quantitative estimate of drug-likeness (QED) is 0.614. The highest BCUT2D eigenvalue weighted by Crippen LogP contribution is 2.24. The van der Waals surface area contributed by atoms with Crippen LogP contribution in [0.2, 0.25) is 5.15 Å². The van der Waals surface area contributed by atoms with Crippen molar-refractivity contribution < 1.29 is 9.13 Å². The predicted molar refractivity (Wildman–Crippen MR) is 115 cm³/mol. The maximum atomic E-state index is 13.9. The van der Waals surface area contributed by atoms with Crippen LogP contribution in [0.1, 0.15) is 29.7 Å². The molecule has 1 aliphatic rings. The second-order valence-electron chi connectivity index (χ2n) is 8.02. The fourth-order valence-electron chi connectivity index (χ4n) is 4.09. The standard InChI is InChI=1S/C22H32ClFN4O/c1-17-20(22(23)26(2)25-17)16-28(12-13-29-3)14-18-8-10-27(11-9-18)15-19-6-4-5-7-21(19)24/h4-7,18H,8-16H2,1-3H3. The molecular weight excluding hydrogens is 391 g/mol. The molecule has 29 heavy (non-hydrogen) atoms. The first-order valence-electron chi connectivity index (χ1n) is 10.3. The Bertz CT molecular complexity index is 789. The first-order valence-corrected chi connectivity index (χ1v) is 10.7. The molecule has 0 saturated carbocycles. The molecular formula is C22H32ClFN4O. The SMILES string of the molecule is COCCN(Cc1c(C)nn(C)c1Cl)CC1CCN(Cc2ccccc2F)CC1. The van der Waals surface area contributed by atoms with Gasteiger partial charge >= 0.3 is 0 Å². The van der Waals surface area contributed by atoms with Crippen molar-refractivity contribution >= 4 is 11.6 Å². The number of hydrogen-bond acceptors (Lipinski definition) is 4. The highest BCUT2D eigenvalue weighted by atomic mass is 35.5. The van der Waals surface area contributed by atoms with E-state index >= 15 is 0 Å². The van der Waals surface area contributed by atoms with Crippen molar-refractivity contribution in [1.82, 2.24) is 19.6 Å². The molecule has 2 heterocycles. The second kappa shape index (κ2) is 10.5. The van der Waals surface area contributed by atoms with Crippen LogP contribution in [0.3, 0.4) is 0 Å². The van der Waals surface area contributed by atoms with E-state index in [4.69, 9.17) is 16.3 Å². The lowest BCUT2D eigenvalue weighted by Gasteiger charge is -2.35. The van der Waals surface area contributed by atoms with Gasteiger partial charge in [0.05, 0.1) is 12.3 Å². The number of ether oxygens (including phenoxy) is 1. The molecule has 1 aromatic heterocycles. The molecule has 1 fully saturated rings. The van der Waals surface area contributed by atoms with E-state index in [2.05, 4.69) is 14.9 Å². The van der Waals surface area contributed by atoms with Gasteiger partial charge in [0.1, 0.15) is 11.0 Å². The fraction of sp³-hybridized carbons (Fsp3) is 0.591. The van der Waals surface area contributed by atoms with E-state index in [0.717, 1.165) is 62.4 Å². The van der Waals surface area contributed by atoms with E-state index in [-0.39, 0.29) is 5.82 Å². The number of rotatable bonds is 9. The summed E-state index contributed by atoms with van der Waals surface area (Å²) in [6.07, 6.45) is 2.25. The van der Waals surface area contributed by atoms with Gasteiger partial charge in [0, 0.05) is 51.5 Å². The number of nitrogens with zero attached hydrogens (tertiary/aromatic N) is 4. The van der Waals surface area contributed by atoms with E-state index in [1.165, 1.54) is 0 Å². The molecule has 0 radical (unpaired) electrons. The van der Waals surface area contributed by atoms with Crippen molar-refractivity contribution in [2.45, 2.75) is 32.9 Å². The maximum Gasteiger partial charge on any atom is 0.131 e. The van der Waals surface area contributed by atoms with Crippen LogP contribution in [0, 0.1) is 18.7 Å². The lowest BCUT2D eigenvalue weighted by atomic mass is 9.95. The number of methoxy groups -OCH3 is 1. The number of halogens is 2. The Balaban J connectivity index is 1.54. The molecule has 0 atom stereocenters. The summed E-state index contributed by atoms with van der Waals surface area (Å²) in [5.74, 6) is 0.517. The van der Waals surface area contributed by atoms with Gasteiger partial charge in [0.15, 0.2) is 0 Å². The summed E-state index contributed by atoms with van der Waals surface area (Å²) in [5.41, 5.74) is 2.87. The van der Waals surface area contributed by atoms with Crippen LogP contribution in [0.15, 0.2) is 24.3 Å². The largest absolute Gasteiger partial charge is 0.383 e. The zero-order chi connectivity index (χ0) is 20.8. The smallest absolute Gasteiger partial charge is 0.131 e. The van der Waals surface area contributed by atoms with E-state index < -0.39 is 0 Å². The van der Waals surface area contributed by atoms with Gasteiger partial charge < -0.3 is 4.74 Å². The highest BCUT2D eigenvalue weighted by molar-refractivity contribution is 6.30. The molecule has 160 valence electrons. The third-order valence-electron chi connectivity index (χ3n) is 5.84. The molecule has 0 spiro atoms. The molecule has 7 heteroatoms. The minimum Gasteiger partial charge on any atom is -0.383 e. The summed E-state index contributed by atoms with van der Waals surface area (Å²) in [6, 6.07) is 7.08. The van der Waals surface area contributed by atoms with E-state index in [0.29, 0.717) is 24.2 Å². The Morgan fingerprint density at radius 2 is 2.00 bits per heavy atom. The van der Waals surface area contributed by atoms with E-state index in [9.17, 15) is 4.39 Å². The minimum atomic E-state index is -0.107. The number of hydrogen-bond donors (Lipinski definition) is 0. The number of aryl methyl sites for hydroxylation is 2. The third-order valence-corrected chi connectivity index (χ3v) is 6.31. The molecule has 0 N–H and O–H groups in total. The lowest BCUT2D eigenvalue weighted by molar-refractivity contribution is 0.106. The van der Waals surface area contributed by atoms with Crippen LogP contribution < -0.4 is 0 Å². The summed E-state index contributed by atoms with van der Waals surface area (Å²) in [6.45, 7) is 8.08. The first kappa shape index (κ1) is 22.2. The summed E-state index contributed by atoms with van der Waals surface area (Å²) in [4.78, 5) is 4.78. The van der Waals surface area contributed by atoms with Crippen molar-refractivity contribution in [2.75, 3.05) is 39.9 Å². The number of aromatic nitrogens is 2. The van der Waals surface area contributed by atoms with Gasteiger partial charge in [-0.3, -0.25) is 14.5 Å². The Morgan fingerprint density at radius 1 is 1.28 bits per heavy atom. The van der Waals surface area contributed by atoms with Crippen LogP contribution in [-0.4, -0.2) is 59.5 Å². The summed E-state index contributed by atoms with van der Waals surface area (Å²) < 4.78 is 21.0. The Hall–Kier alpha value is -1.47. The number of benzene rings is 1. The van der Waals surface area contributed by atoms with Crippen molar-refractivity contribution in [2.24, 2.45) is 13.0 Å². The maximum absolute atomic E-state index is 13.9. The summed E-state index contributed by atoms with van der Waals surface area (Å²) >= 11 is 6.45. The molecule has 1 aromatic carbocycles. The minimum absolute atomic E-state index is 0.107. The van der Waals surface area contributed by atoms with Gasteiger partial charge in [-0.25, -0.2) is 4.39 Å². The molecule has 0 bridgehead atoms. The molecule has 0 aliphatic carbocycles. The Kier molecular flexibility index (Phi) is 8.07. The zero-order valence-electron chi connectivity index (χ0n) is 17.7. The van der Waals surface area contributed by atoms with Crippen LogP contribution >= 0.6 is 11.6 Å². The van der Waals surface area contributed by atoms with Gasteiger partial charge in [-0.05, 0) is 44.8 Å². The molecule has 0 unspecified atom stereocenters. The van der Waals surface area contributed by atoms with Crippen molar-refractivity contribution in [3.63, 3.8) is 0 Å². The molecule has 0 amide bonds. The van der Waals surface area contributed by atoms with Crippen molar-refractivity contribution in [3.05, 3.63) is 52.1 Å². The average Bonchev–Trinajstić information content (AvgIpc) is 2.95. The number of likely N-dealkylation sites (tertiary alicyclic amines) is 1. The van der Waals surface area contributed by atoms with Gasteiger partial charge in [-0.1, -0.05) is 29.8 Å². The van der Waals surface area contributed by atoms with Crippen molar-refractivity contribution in [3.8, 4) is 0 Å². The molecule has 2 aromatic rings. The molecule has 1 saturated heterocycles. The predicted octanol–water partition coefficient (Wildman–Crippen LogP) is 3.88. The lowest BCUT2D eigenvalue weighted by Crippen LogP contribution is -2.39. The zero-order valence-corrected chi connectivity index (χ0v) is 18.5. The van der Waals surface area contributed by atoms with Crippen molar-refractivity contribution in [1.29, 1.82) is 0 Å². The van der Waals surface area contributed by atoms with E-state index in [1.807, 2.05) is 26.1 Å². The molecule has 1 aliphatic heterocycles. The number of piperidine rings is 1. The Labute approximate surface area is 178 Å². The van der Waals surface area contributed by atoms with Gasteiger partial charge in [0.2, 0.25) is 0 Å². The van der Waals surface area contributed by atoms with Gasteiger partial charge in [-0.2, -0.15) is 5.10 Å². The molecule has 3 rings (SSSR count). The van der Waals surface area contributed by atoms with Crippen LogP contribution in [0.5, 0.6) is 0 Å². The fourth-order valence-corrected chi connectivity index (χ4v) is 4.33. The topological polar surface area (TPSA) is 33.5 Å². The second-order valence-corrected chi connectivity index (χ2v) is 8.38. The highest BCUT2D eigenvalue weighted by Gasteiger charge is 2.23. The molecule has 5 nitrogen and oxygen atoms in total. The van der Waals surface area contributed by atoms with Gasteiger partial charge in [0.25, 0.3) is 0 Å². The average molecular weight is 423 g/mol. The summed E-state index contributed by atoms with van der Waals surface area (Å²) in [5, 5.41) is 5.15. The normalized spacial score (nSPS) is 16.1. The van der Waals surface area contributed by atoms with Gasteiger partial charge in [-0.15, -0.1) is 0 Å². The summed E-state index contributed by atoms with van der Waals surface area (Å²) in [7, 11) is 3.62. The first-order chi connectivity index (χ1) is 14.0. The van der Waals surface area contributed by atoms with Crippen LogP contribution in [0.4, 0.5) is 4.39 Å².